The molecule has 5 nitrogen and oxygen atoms in total. The second kappa shape index (κ2) is 9.27. The molecule has 2 heterocycles. The normalized spacial score (nSPS) is 16.9. The molecular formula is C26H24FN3O2S. The van der Waals surface area contributed by atoms with Crippen molar-refractivity contribution in [2.45, 2.75) is 24.8 Å². The van der Waals surface area contributed by atoms with Crippen molar-refractivity contribution in [1.82, 2.24) is 4.90 Å². The lowest BCUT2D eigenvalue weighted by molar-refractivity contribution is -0.116. The first-order valence-electron chi connectivity index (χ1n) is 11.0. The molecule has 0 radical (unpaired) electrons. The lowest BCUT2D eigenvalue weighted by Gasteiger charge is -2.30. The number of thioether (sulfide) groups is 1. The Morgan fingerprint density at radius 1 is 1.03 bits per heavy atom. The zero-order valence-corrected chi connectivity index (χ0v) is 18.8. The van der Waals surface area contributed by atoms with Gasteiger partial charge in [-0.25, -0.2) is 4.39 Å². The molecule has 7 heteroatoms. The van der Waals surface area contributed by atoms with Crippen molar-refractivity contribution in [3.8, 4) is 0 Å². The number of rotatable bonds is 5. The molecule has 2 N–H and O–H groups in total. The molecule has 33 heavy (non-hydrogen) atoms. The summed E-state index contributed by atoms with van der Waals surface area (Å²) in [4.78, 5) is 27.6. The summed E-state index contributed by atoms with van der Waals surface area (Å²) in [6.45, 7) is 1.28. The van der Waals surface area contributed by atoms with E-state index in [1.165, 1.54) is 23.3 Å². The Kier molecular flexibility index (Phi) is 6.05. The fourth-order valence-corrected chi connectivity index (χ4v) is 5.27. The largest absolute Gasteiger partial charge is 0.371 e. The molecule has 0 unspecified atom stereocenters. The third-order valence-corrected chi connectivity index (χ3v) is 7.14. The number of nitrogens with zero attached hydrogens (tertiary/aromatic N) is 1. The number of fused-ring (bicyclic) bond motifs is 2. The van der Waals surface area contributed by atoms with Crippen LogP contribution in [0, 0.1) is 5.82 Å². The number of halogens is 1. The summed E-state index contributed by atoms with van der Waals surface area (Å²) in [5, 5.41) is 6.21. The number of hydrogen-bond acceptors (Lipinski definition) is 4. The monoisotopic (exact) mass is 461 g/mol. The first kappa shape index (κ1) is 21.5. The molecule has 3 aromatic carbocycles. The van der Waals surface area contributed by atoms with Crippen molar-refractivity contribution in [3.63, 3.8) is 0 Å². The average Bonchev–Trinajstić information content (AvgIpc) is 2.83. The maximum absolute atomic E-state index is 13.3. The smallest absolute Gasteiger partial charge is 0.254 e. The van der Waals surface area contributed by atoms with Crippen molar-refractivity contribution in [2.24, 2.45) is 0 Å². The minimum Gasteiger partial charge on any atom is -0.371 e. The van der Waals surface area contributed by atoms with Gasteiger partial charge in [-0.2, -0.15) is 11.8 Å². The maximum Gasteiger partial charge on any atom is 0.254 e. The van der Waals surface area contributed by atoms with E-state index >= 15 is 0 Å². The molecule has 2 aliphatic heterocycles. The predicted molar refractivity (Wildman–Crippen MR) is 130 cm³/mol. The second-order valence-corrected chi connectivity index (χ2v) is 9.37. The number of hydrogen-bond donors (Lipinski definition) is 2. The van der Waals surface area contributed by atoms with Gasteiger partial charge in [0, 0.05) is 30.2 Å². The zero-order valence-electron chi connectivity index (χ0n) is 18.0. The Labute approximate surface area is 196 Å². The minimum atomic E-state index is -0.392. The van der Waals surface area contributed by atoms with E-state index in [0.717, 1.165) is 17.7 Å². The Balaban J connectivity index is 1.22. The quantitative estimate of drug-likeness (QED) is 0.579. The summed E-state index contributed by atoms with van der Waals surface area (Å²) in [5.41, 5.74) is 5.35. The molecule has 5 rings (SSSR count). The highest BCUT2D eigenvalue weighted by Gasteiger charge is 2.27. The Morgan fingerprint density at radius 3 is 2.73 bits per heavy atom. The third-order valence-electron chi connectivity index (χ3n) is 6.03. The highest BCUT2D eigenvalue weighted by Crippen LogP contribution is 2.30. The van der Waals surface area contributed by atoms with E-state index in [-0.39, 0.29) is 17.6 Å². The molecule has 2 aliphatic rings. The van der Waals surface area contributed by atoms with Crippen LogP contribution in [0.4, 0.5) is 15.8 Å². The molecule has 0 bridgehead atoms. The van der Waals surface area contributed by atoms with Crippen molar-refractivity contribution in [2.75, 3.05) is 22.9 Å². The van der Waals surface area contributed by atoms with E-state index in [1.54, 1.807) is 23.9 Å². The number of anilines is 2. The van der Waals surface area contributed by atoms with Gasteiger partial charge in [0.25, 0.3) is 5.91 Å². The van der Waals surface area contributed by atoms with Crippen molar-refractivity contribution in [3.05, 3.63) is 94.8 Å². The molecule has 3 aromatic rings. The van der Waals surface area contributed by atoms with Gasteiger partial charge in [0.05, 0.1) is 11.4 Å². The SMILES string of the molecule is O=C1Nc2cc(C(=O)N3CCc4ccccc4C3)ccc2N[C@@H]1CSCc1cccc(F)c1. The van der Waals surface area contributed by atoms with Crippen LogP contribution in [0.2, 0.25) is 0 Å². The Morgan fingerprint density at radius 2 is 1.88 bits per heavy atom. The standard InChI is InChI=1S/C26H24FN3O2S/c27-21-7-3-4-17(12-21)15-33-16-24-25(31)29-23-13-19(8-9-22(23)28-24)26(32)30-11-10-18-5-1-2-6-20(18)14-30/h1-9,12-13,24,28H,10-11,14-16H2,(H,29,31)/t24-/m1/s1. The lowest BCUT2D eigenvalue weighted by Crippen LogP contribution is -2.41. The second-order valence-electron chi connectivity index (χ2n) is 8.34. The van der Waals surface area contributed by atoms with E-state index in [4.69, 9.17) is 0 Å². The van der Waals surface area contributed by atoms with E-state index in [2.05, 4.69) is 22.8 Å². The molecule has 0 aliphatic carbocycles. The molecule has 0 saturated carbocycles. The van der Waals surface area contributed by atoms with E-state index in [1.807, 2.05) is 35.2 Å². The van der Waals surface area contributed by atoms with Gasteiger partial charge in [-0.1, -0.05) is 36.4 Å². The van der Waals surface area contributed by atoms with Crippen LogP contribution in [-0.4, -0.2) is 35.1 Å². The van der Waals surface area contributed by atoms with Crippen molar-refractivity contribution in [1.29, 1.82) is 0 Å². The molecule has 0 spiro atoms. The number of benzene rings is 3. The van der Waals surface area contributed by atoms with Crippen LogP contribution in [0.25, 0.3) is 0 Å². The highest BCUT2D eigenvalue weighted by molar-refractivity contribution is 7.98. The predicted octanol–water partition coefficient (Wildman–Crippen LogP) is 4.69. The topological polar surface area (TPSA) is 61.4 Å². The molecule has 168 valence electrons. The first-order valence-corrected chi connectivity index (χ1v) is 12.1. The van der Waals surface area contributed by atoms with Gasteiger partial charge in [-0.15, -0.1) is 0 Å². The van der Waals surface area contributed by atoms with Crippen LogP contribution < -0.4 is 10.6 Å². The summed E-state index contributed by atoms with van der Waals surface area (Å²) in [5.74, 6) is 0.757. The average molecular weight is 462 g/mol. The molecular weight excluding hydrogens is 437 g/mol. The number of carbonyl (C=O) groups is 2. The fraction of sp³-hybridized carbons (Fsp3) is 0.231. The van der Waals surface area contributed by atoms with E-state index < -0.39 is 6.04 Å². The Bertz CT molecular complexity index is 1220. The van der Waals surface area contributed by atoms with Gasteiger partial charge in [-0.05, 0) is 53.4 Å². The summed E-state index contributed by atoms with van der Waals surface area (Å²) >= 11 is 1.57. The molecule has 0 fully saturated rings. The summed E-state index contributed by atoms with van der Waals surface area (Å²) in [6.07, 6.45) is 0.847. The van der Waals surface area contributed by atoms with E-state index in [0.29, 0.717) is 35.8 Å². The maximum atomic E-state index is 13.3. The van der Waals surface area contributed by atoms with Crippen LogP contribution >= 0.6 is 11.8 Å². The molecule has 0 aromatic heterocycles. The number of nitrogens with one attached hydrogen (secondary N) is 2. The lowest BCUT2D eigenvalue weighted by atomic mass is 9.99. The molecule has 2 amide bonds. The van der Waals surface area contributed by atoms with E-state index in [9.17, 15) is 14.0 Å². The molecule has 0 saturated heterocycles. The zero-order chi connectivity index (χ0) is 22.8. The third kappa shape index (κ3) is 4.73. The summed E-state index contributed by atoms with van der Waals surface area (Å²) in [6, 6.07) is 19.7. The Hall–Kier alpha value is -3.32. The van der Waals surface area contributed by atoms with Crippen LogP contribution in [0.5, 0.6) is 0 Å². The van der Waals surface area contributed by atoms with Crippen molar-refractivity contribution < 1.29 is 14.0 Å². The minimum absolute atomic E-state index is 0.0330. The van der Waals surface area contributed by atoms with Gasteiger partial charge in [0.15, 0.2) is 0 Å². The highest BCUT2D eigenvalue weighted by atomic mass is 32.2. The van der Waals surface area contributed by atoms with Gasteiger partial charge < -0.3 is 15.5 Å². The van der Waals surface area contributed by atoms with Gasteiger partial charge >= 0.3 is 0 Å². The van der Waals surface area contributed by atoms with Crippen LogP contribution in [-0.2, 0) is 23.5 Å². The number of carbonyl (C=O) groups excluding carboxylic acids is 2. The van der Waals surface area contributed by atoms with Gasteiger partial charge in [0.1, 0.15) is 11.9 Å². The first-order chi connectivity index (χ1) is 16.1. The summed E-state index contributed by atoms with van der Waals surface area (Å²) in [7, 11) is 0. The van der Waals surface area contributed by atoms with Crippen LogP contribution in [0.15, 0.2) is 66.7 Å². The fourth-order valence-electron chi connectivity index (χ4n) is 4.27. The molecule has 1 atom stereocenters. The van der Waals surface area contributed by atoms with Gasteiger partial charge in [-0.3, -0.25) is 9.59 Å². The van der Waals surface area contributed by atoms with Crippen molar-refractivity contribution >= 4 is 35.0 Å². The summed E-state index contributed by atoms with van der Waals surface area (Å²) < 4.78 is 13.3. The number of amides is 2. The van der Waals surface area contributed by atoms with Crippen LogP contribution in [0.3, 0.4) is 0 Å². The van der Waals surface area contributed by atoms with Gasteiger partial charge in [0.2, 0.25) is 5.91 Å². The van der Waals surface area contributed by atoms with Crippen LogP contribution in [0.1, 0.15) is 27.0 Å².